The molecule has 0 saturated heterocycles. The molecule has 0 atom stereocenters. The Balaban J connectivity index is 1.79. The van der Waals surface area contributed by atoms with Crippen molar-refractivity contribution in [1.82, 2.24) is 9.47 Å². The first-order valence-electron chi connectivity index (χ1n) is 10.7. The Kier molecular flexibility index (Phi) is 8.01. The number of aromatic nitrogens is 1. The van der Waals surface area contributed by atoms with E-state index in [1.807, 2.05) is 42.5 Å². The molecule has 0 fully saturated rings. The highest BCUT2D eigenvalue weighted by molar-refractivity contribution is 5.90. The molecule has 0 amide bonds. The van der Waals surface area contributed by atoms with Crippen molar-refractivity contribution in [3.8, 4) is 0 Å². The van der Waals surface area contributed by atoms with Crippen molar-refractivity contribution in [1.29, 1.82) is 0 Å². The van der Waals surface area contributed by atoms with Gasteiger partial charge in [0.15, 0.2) is 0 Å². The first-order valence-corrected chi connectivity index (χ1v) is 10.7. The van der Waals surface area contributed by atoms with E-state index in [-0.39, 0.29) is 11.8 Å². The fraction of sp³-hybridized carbons (Fsp3) is 0.346. The molecule has 0 spiro atoms. The van der Waals surface area contributed by atoms with E-state index in [0.717, 1.165) is 30.6 Å². The summed E-state index contributed by atoms with van der Waals surface area (Å²) in [5.74, 6) is 0.0593. The Morgan fingerprint density at radius 2 is 1.77 bits per heavy atom. The maximum Gasteiger partial charge on any atom is 0.338 e. The molecule has 5 heteroatoms. The maximum absolute atomic E-state index is 13.2. The number of benzene rings is 2. The molecule has 31 heavy (non-hydrogen) atoms. The third kappa shape index (κ3) is 6.53. The smallest absolute Gasteiger partial charge is 0.338 e. The first-order chi connectivity index (χ1) is 15.0. The van der Waals surface area contributed by atoms with Crippen LogP contribution in [0, 0.1) is 11.7 Å². The van der Waals surface area contributed by atoms with Gasteiger partial charge >= 0.3 is 5.97 Å². The molecule has 0 unspecified atom stereocenters. The van der Waals surface area contributed by atoms with Crippen LogP contribution in [0.15, 0.2) is 66.9 Å². The van der Waals surface area contributed by atoms with E-state index < -0.39 is 0 Å². The third-order valence-electron chi connectivity index (χ3n) is 5.41. The fourth-order valence-corrected chi connectivity index (χ4v) is 3.63. The van der Waals surface area contributed by atoms with Crippen LogP contribution in [0.1, 0.15) is 47.4 Å². The normalized spacial score (nSPS) is 11.3. The monoisotopic (exact) mass is 422 g/mol. The number of ether oxygens (including phenoxy) is 1. The Morgan fingerprint density at radius 1 is 1.03 bits per heavy atom. The van der Waals surface area contributed by atoms with Gasteiger partial charge in [0.2, 0.25) is 0 Å². The molecule has 0 aliphatic rings. The second kappa shape index (κ2) is 10.9. The standard InChI is InChI=1S/C26H31FN2O2/c1-20(2)14-16-28(18-22-7-4-5-9-25(22)26(30)31-3)19-24-8-6-15-29(24)17-21-10-12-23(27)13-11-21/h4-13,15,20H,14,16-19H2,1-3H3. The molecule has 0 radical (unpaired) electrons. The predicted octanol–water partition coefficient (Wildman–Crippen LogP) is 5.51. The number of methoxy groups -OCH3 is 1. The summed E-state index contributed by atoms with van der Waals surface area (Å²) in [5, 5.41) is 0. The van der Waals surface area contributed by atoms with E-state index in [2.05, 4.69) is 35.6 Å². The van der Waals surface area contributed by atoms with E-state index >= 15 is 0 Å². The third-order valence-corrected chi connectivity index (χ3v) is 5.41. The van der Waals surface area contributed by atoms with Crippen molar-refractivity contribution < 1.29 is 13.9 Å². The summed E-state index contributed by atoms with van der Waals surface area (Å²) in [6.45, 7) is 7.49. The number of rotatable bonds is 10. The Bertz CT molecular complexity index is 979. The molecule has 0 aliphatic carbocycles. The average Bonchev–Trinajstić information content (AvgIpc) is 3.20. The summed E-state index contributed by atoms with van der Waals surface area (Å²) in [7, 11) is 1.41. The van der Waals surface area contributed by atoms with Gasteiger partial charge in [-0.15, -0.1) is 0 Å². The van der Waals surface area contributed by atoms with Gasteiger partial charge in [0.05, 0.1) is 12.7 Å². The zero-order valence-corrected chi connectivity index (χ0v) is 18.6. The van der Waals surface area contributed by atoms with Gasteiger partial charge in [-0.1, -0.05) is 44.2 Å². The number of carbonyl (C=O) groups excluding carboxylic acids is 1. The Hall–Kier alpha value is -2.92. The van der Waals surface area contributed by atoms with Gasteiger partial charge in [-0.05, 0) is 60.3 Å². The highest BCUT2D eigenvalue weighted by atomic mass is 19.1. The number of carbonyl (C=O) groups is 1. The minimum atomic E-state index is -0.306. The average molecular weight is 423 g/mol. The fourth-order valence-electron chi connectivity index (χ4n) is 3.63. The van der Waals surface area contributed by atoms with Gasteiger partial charge in [-0.2, -0.15) is 0 Å². The Labute approximate surface area is 184 Å². The molecule has 0 N–H and O–H groups in total. The molecule has 2 aromatic carbocycles. The van der Waals surface area contributed by atoms with Crippen molar-refractivity contribution in [3.05, 3.63) is 95.1 Å². The van der Waals surface area contributed by atoms with Crippen LogP contribution in [0.5, 0.6) is 0 Å². The van der Waals surface area contributed by atoms with Crippen molar-refractivity contribution >= 4 is 5.97 Å². The summed E-state index contributed by atoms with van der Waals surface area (Å²) in [5.41, 5.74) is 3.82. The summed E-state index contributed by atoms with van der Waals surface area (Å²) in [4.78, 5) is 14.6. The molecule has 0 saturated carbocycles. The first kappa shape index (κ1) is 22.8. The van der Waals surface area contributed by atoms with E-state index in [9.17, 15) is 9.18 Å². The number of esters is 1. The lowest BCUT2D eigenvalue weighted by Crippen LogP contribution is -2.27. The summed E-state index contributed by atoms with van der Waals surface area (Å²) in [6.07, 6.45) is 3.13. The molecule has 1 aromatic heterocycles. The topological polar surface area (TPSA) is 34.5 Å². The maximum atomic E-state index is 13.2. The van der Waals surface area contributed by atoms with Gasteiger partial charge in [0, 0.05) is 31.5 Å². The van der Waals surface area contributed by atoms with Gasteiger partial charge < -0.3 is 9.30 Å². The van der Waals surface area contributed by atoms with E-state index in [1.54, 1.807) is 0 Å². The van der Waals surface area contributed by atoms with Crippen molar-refractivity contribution in [2.75, 3.05) is 13.7 Å². The highest BCUT2D eigenvalue weighted by Crippen LogP contribution is 2.18. The SMILES string of the molecule is COC(=O)c1ccccc1CN(CCC(C)C)Cc1cccn1Cc1ccc(F)cc1. The van der Waals surface area contributed by atoms with Crippen LogP contribution in [0.4, 0.5) is 4.39 Å². The minimum Gasteiger partial charge on any atom is -0.465 e. The highest BCUT2D eigenvalue weighted by Gasteiger charge is 2.16. The molecule has 4 nitrogen and oxygen atoms in total. The molecular weight excluding hydrogens is 391 g/mol. The predicted molar refractivity (Wildman–Crippen MR) is 121 cm³/mol. The number of halogens is 1. The number of hydrogen-bond acceptors (Lipinski definition) is 3. The van der Waals surface area contributed by atoms with Gasteiger partial charge in [-0.25, -0.2) is 9.18 Å². The molecular formula is C26H31FN2O2. The largest absolute Gasteiger partial charge is 0.465 e. The van der Waals surface area contributed by atoms with Crippen molar-refractivity contribution in [2.24, 2.45) is 5.92 Å². The van der Waals surface area contributed by atoms with E-state index in [0.29, 0.717) is 24.6 Å². The van der Waals surface area contributed by atoms with Gasteiger partial charge in [0.1, 0.15) is 5.82 Å². The number of hydrogen-bond donors (Lipinski definition) is 0. The molecule has 0 aliphatic heterocycles. The van der Waals surface area contributed by atoms with Gasteiger partial charge in [0.25, 0.3) is 0 Å². The molecule has 3 rings (SSSR count). The second-order valence-electron chi connectivity index (χ2n) is 8.30. The molecule has 0 bridgehead atoms. The number of nitrogens with zero attached hydrogens (tertiary/aromatic N) is 2. The van der Waals surface area contributed by atoms with E-state index in [4.69, 9.17) is 4.74 Å². The second-order valence-corrected chi connectivity index (χ2v) is 8.30. The molecule has 3 aromatic rings. The Morgan fingerprint density at radius 3 is 2.48 bits per heavy atom. The van der Waals surface area contributed by atoms with E-state index in [1.165, 1.54) is 24.9 Å². The minimum absolute atomic E-state index is 0.222. The molecule has 1 heterocycles. The summed E-state index contributed by atoms with van der Waals surface area (Å²) in [6, 6.07) is 18.4. The lowest BCUT2D eigenvalue weighted by atomic mass is 10.1. The van der Waals surface area contributed by atoms with Crippen molar-refractivity contribution in [3.63, 3.8) is 0 Å². The van der Waals surface area contributed by atoms with Crippen LogP contribution >= 0.6 is 0 Å². The molecule has 164 valence electrons. The van der Waals surface area contributed by atoms with Crippen LogP contribution in [-0.4, -0.2) is 29.1 Å². The van der Waals surface area contributed by atoms with Crippen LogP contribution in [0.2, 0.25) is 0 Å². The summed E-state index contributed by atoms with van der Waals surface area (Å²) >= 11 is 0. The van der Waals surface area contributed by atoms with Gasteiger partial charge in [-0.3, -0.25) is 4.90 Å². The lowest BCUT2D eigenvalue weighted by Gasteiger charge is -2.25. The van der Waals surface area contributed by atoms with Crippen LogP contribution < -0.4 is 0 Å². The van der Waals surface area contributed by atoms with Crippen LogP contribution in [0.3, 0.4) is 0 Å². The van der Waals surface area contributed by atoms with Crippen LogP contribution in [0.25, 0.3) is 0 Å². The zero-order valence-electron chi connectivity index (χ0n) is 18.6. The van der Waals surface area contributed by atoms with Crippen LogP contribution in [-0.2, 0) is 24.4 Å². The quantitative estimate of drug-likeness (QED) is 0.404. The van der Waals surface area contributed by atoms with Crippen molar-refractivity contribution in [2.45, 2.75) is 39.9 Å². The lowest BCUT2D eigenvalue weighted by molar-refractivity contribution is 0.0598. The summed E-state index contributed by atoms with van der Waals surface area (Å²) < 4.78 is 20.4. The zero-order chi connectivity index (χ0) is 22.2.